The van der Waals surface area contributed by atoms with Gasteiger partial charge >= 0.3 is 5.97 Å². The summed E-state index contributed by atoms with van der Waals surface area (Å²) in [5.41, 5.74) is 2.71. The highest BCUT2D eigenvalue weighted by Crippen LogP contribution is 2.30. The first kappa shape index (κ1) is 22.6. The molecular weight excluding hydrogens is 476 g/mol. The van der Waals surface area contributed by atoms with Crippen molar-refractivity contribution >= 4 is 39.7 Å². The van der Waals surface area contributed by atoms with Gasteiger partial charge < -0.3 is 29.3 Å². The largest absolute Gasteiger partial charge is 0.508 e. The number of carboxylic acid groups (broad SMARTS) is 1. The Morgan fingerprint density at radius 1 is 1.03 bits per heavy atom. The summed E-state index contributed by atoms with van der Waals surface area (Å²) in [6.07, 6.45) is 3.18. The molecule has 0 spiro atoms. The predicted octanol–water partition coefficient (Wildman–Crippen LogP) is 2.29. The average Bonchev–Trinajstić information content (AvgIpc) is 3.53. The number of fused-ring (bicyclic) bond motifs is 2. The molecule has 0 bridgehead atoms. The maximum atomic E-state index is 11.5. The van der Waals surface area contributed by atoms with Crippen LogP contribution in [-0.2, 0) is 11.3 Å². The second-order valence-electron chi connectivity index (χ2n) is 8.73. The summed E-state index contributed by atoms with van der Waals surface area (Å²) in [5.74, 6) is 0.882. The van der Waals surface area contributed by atoms with Gasteiger partial charge in [-0.3, -0.25) is 4.79 Å². The van der Waals surface area contributed by atoms with Gasteiger partial charge in [-0.05, 0) is 36.4 Å². The number of carbonyl (C=O) groups is 1. The molecule has 4 heterocycles. The van der Waals surface area contributed by atoms with Crippen LogP contribution in [0.1, 0.15) is 0 Å². The fourth-order valence-corrected chi connectivity index (χ4v) is 4.67. The number of phenols is 1. The number of rotatable bonds is 6. The standard InChI is InChI=1S/C25H24N8O4/c1-37-20-4-2-3-19-18(20)13-27-33(19)24-22-23(32(15-26-22)14-21(35)36)28-25(29-24)31-11-9-30(10-12-31)16-5-7-17(34)8-6-16/h2-8,13,15,34H,9-12,14H2,1H3,(H,35,36). The minimum absolute atomic E-state index is 0.235. The molecule has 0 unspecified atom stereocenters. The average molecular weight is 501 g/mol. The quantitative estimate of drug-likeness (QED) is 0.358. The fraction of sp³-hybridized carbons (Fsp3) is 0.240. The summed E-state index contributed by atoms with van der Waals surface area (Å²) in [6.45, 7) is 2.52. The van der Waals surface area contributed by atoms with Crippen LogP contribution in [0, 0.1) is 0 Å². The Morgan fingerprint density at radius 2 is 1.78 bits per heavy atom. The van der Waals surface area contributed by atoms with Crippen molar-refractivity contribution in [3.63, 3.8) is 0 Å². The summed E-state index contributed by atoms with van der Waals surface area (Å²) < 4.78 is 8.68. The Morgan fingerprint density at radius 3 is 2.51 bits per heavy atom. The molecule has 0 amide bonds. The number of aliphatic carboxylic acids is 1. The van der Waals surface area contributed by atoms with Gasteiger partial charge in [-0.25, -0.2) is 9.67 Å². The third-order valence-corrected chi connectivity index (χ3v) is 6.51. The van der Waals surface area contributed by atoms with Gasteiger partial charge in [0.1, 0.15) is 18.0 Å². The molecule has 6 rings (SSSR count). The van der Waals surface area contributed by atoms with E-state index in [4.69, 9.17) is 14.7 Å². The van der Waals surface area contributed by atoms with Crippen molar-refractivity contribution in [2.45, 2.75) is 6.54 Å². The first-order chi connectivity index (χ1) is 18.0. The van der Waals surface area contributed by atoms with Crippen molar-refractivity contribution in [1.82, 2.24) is 29.3 Å². The second-order valence-corrected chi connectivity index (χ2v) is 8.73. The molecule has 1 aliphatic heterocycles. The number of aromatic hydroxyl groups is 1. The normalized spacial score (nSPS) is 14.0. The molecule has 3 aromatic heterocycles. The number of hydrogen-bond acceptors (Lipinski definition) is 9. The topological polar surface area (TPSA) is 135 Å². The smallest absolute Gasteiger partial charge is 0.323 e. The third-order valence-electron chi connectivity index (χ3n) is 6.51. The Kier molecular flexibility index (Phi) is 5.48. The van der Waals surface area contributed by atoms with Gasteiger partial charge in [-0.2, -0.15) is 15.1 Å². The number of phenolic OH excluding ortho intramolecular Hbond substituents is 1. The molecule has 0 aliphatic carbocycles. The lowest BCUT2D eigenvalue weighted by Crippen LogP contribution is -2.47. The number of ether oxygens (including phenoxy) is 1. The lowest BCUT2D eigenvalue weighted by atomic mass is 10.2. The molecule has 5 aromatic rings. The van der Waals surface area contributed by atoms with E-state index in [1.165, 1.54) is 10.9 Å². The molecule has 188 valence electrons. The molecule has 1 saturated heterocycles. The summed E-state index contributed by atoms with van der Waals surface area (Å²) in [6, 6.07) is 12.8. The van der Waals surface area contributed by atoms with Crippen molar-refractivity contribution in [2.24, 2.45) is 0 Å². The Balaban J connectivity index is 1.41. The summed E-state index contributed by atoms with van der Waals surface area (Å²) in [4.78, 5) is 29.9. The van der Waals surface area contributed by atoms with E-state index in [9.17, 15) is 15.0 Å². The number of aromatic nitrogens is 6. The van der Waals surface area contributed by atoms with Crippen LogP contribution >= 0.6 is 0 Å². The highest BCUT2D eigenvalue weighted by Gasteiger charge is 2.24. The zero-order valence-electron chi connectivity index (χ0n) is 20.0. The number of imidazole rings is 1. The van der Waals surface area contributed by atoms with E-state index in [1.807, 2.05) is 30.3 Å². The molecule has 1 fully saturated rings. The lowest BCUT2D eigenvalue weighted by molar-refractivity contribution is -0.137. The Bertz CT molecular complexity index is 1600. The maximum Gasteiger partial charge on any atom is 0.323 e. The van der Waals surface area contributed by atoms with E-state index in [0.717, 1.165) is 29.7 Å². The minimum atomic E-state index is -0.988. The fourth-order valence-electron chi connectivity index (χ4n) is 4.67. The minimum Gasteiger partial charge on any atom is -0.508 e. The van der Waals surface area contributed by atoms with Crippen LogP contribution in [-0.4, -0.2) is 78.8 Å². The van der Waals surface area contributed by atoms with E-state index in [2.05, 4.69) is 19.9 Å². The Labute approximate surface area is 211 Å². The zero-order valence-corrected chi connectivity index (χ0v) is 20.0. The van der Waals surface area contributed by atoms with Crippen LogP contribution in [0.5, 0.6) is 11.5 Å². The molecule has 2 N–H and O–H groups in total. The molecule has 0 atom stereocenters. The third kappa shape index (κ3) is 4.01. The zero-order chi connectivity index (χ0) is 25.5. The number of piperazine rings is 1. The van der Waals surface area contributed by atoms with Crippen molar-refractivity contribution < 1.29 is 19.7 Å². The maximum absolute atomic E-state index is 11.5. The Hall–Kier alpha value is -4.87. The summed E-state index contributed by atoms with van der Waals surface area (Å²) in [7, 11) is 1.61. The highest BCUT2D eigenvalue weighted by atomic mass is 16.5. The summed E-state index contributed by atoms with van der Waals surface area (Å²) in [5, 5.41) is 24.4. The van der Waals surface area contributed by atoms with Crippen LogP contribution in [0.15, 0.2) is 55.0 Å². The van der Waals surface area contributed by atoms with Gasteiger partial charge in [0.05, 0.1) is 30.5 Å². The van der Waals surface area contributed by atoms with Gasteiger partial charge in [0, 0.05) is 31.9 Å². The number of methoxy groups -OCH3 is 1. The van der Waals surface area contributed by atoms with E-state index < -0.39 is 5.97 Å². The molecule has 12 heteroatoms. The van der Waals surface area contributed by atoms with Crippen molar-refractivity contribution in [1.29, 1.82) is 0 Å². The second kappa shape index (κ2) is 8.97. The molecule has 12 nitrogen and oxygen atoms in total. The van der Waals surface area contributed by atoms with Gasteiger partial charge in [0.15, 0.2) is 17.0 Å². The van der Waals surface area contributed by atoms with Crippen LogP contribution in [0.2, 0.25) is 0 Å². The van der Waals surface area contributed by atoms with Crippen molar-refractivity contribution in [3.05, 3.63) is 55.0 Å². The molecule has 0 radical (unpaired) electrons. The van der Waals surface area contributed by atoms with E-state index in [-0.39, 0.29) is 12.3 Å². The van der Waals surface area contributed by atoms with Gasteiger partial charge in [0.25, 0.3) is 0 Å². The van der Waals surface area contributed by atoms with Crippen molar-refractivity contribution in [3.8, 4) is 17.3 Å². The SMILES string of the molecule is COc1cccc2c1cnn2-c1nc(N2CCN(c3ccc(O)cc3)CC2)nc2c1ncn2CC(=O)O. The summed E-state index contributed by atoms with van der Waals surface area (Å²) >= 11 is 0. The number of nitrogens with zero attached hydrogens (tertiary/aromatic N) is 8. The van der Waals surface area contributed by atoms with Gasteiger partial charge in [-0.15, -0.1) is 0 Å². The van der Waals surface area contributed by atoms with Crippen LogP contribution in [0.25, 0.3) is 27.9 Å². The molecular formula is C25H24N8O4. The molecule has 0 saturated carbocycles. The first-order valence-electron chi connectivity index (χ1n) is 11.8. The number of anilines is 2. The first-order valence-corrected chi connectivity index (χ1v) is 11.8. The number of benzene rings is 2. The van der Waals surface area contributed by atoms with Crippen LogP contribution < -0.4 is 14.5 Å². The van der Waals surface area contributed by atoms with E-state index in [0.29, 0.717) is 41.8 Å². The predicted molar refractivity (Wildman–Crippen MR) is 137 cm³/mol. The van der Waals surface area contributed by atoms with Crippen molar-refractivity contribution in [2.75, 3.05) is 43.1 Å². The van der Waals surface area contributed by atoms with Gasteiger partial charge in [0.2, 0.25) is 5.95 Å². The number of hydrogen-bond donors (Lipinski definition) is 2. The van der Waals surface area contributed by atoms with Crippen LogP contribution in [0.3, 0.4) is 0 Å². The monoisotopic (exact) mass is 500 g/mol. The highest BCUT2D eigenvalue weighted by molar-refractivity contribution is 5.89. The number of carboxylic acids is 1. The van der Waals surface area contributed by atoms with Crippen LogP contribution in [0.4, 0.5) is 11.6 Å². The molecule has 37 heavy (non-hydrogen) atoms. The van der Waals surface area contributed by atoms with E-state index in [1.54, 1.807) is 30.1 Å². The molecule has 2 aromatic carbocycles. The van der Waals surface area contributed by atoms with E-state index >= 15 is 0 Å². The van der Waals surface area contributed by atoms with Gasteiger partial charge in [-0.1, -0.05) is 6.07 Å². The molecule has 1 aliphatic rings. The lowest BCUT2D eigenvalue weighted by Gasteiger charge is -2.36.